The molecule has 594 valence electrons. The molecule has 0 radical (unpaired) electrons. The summed E-state index contributed by atoms with van der Waals surface area (Å²) in [4.78, 5) is 40.7. The number of hydrogen-bond acceptors (Lipinski definition) is 30. The van der Waals surface area contributed by atoms with Crippen molar-refractivity contribution in [2.24, 2.45) is 0 Å². The third-order valence-electron chi connectivity index (χ3n) is 22.5. The van der Waals surface area contributed by atoms with Crippen LogP contribution in [0.25, 0.3) is 89.7 Å². The number of H-pyrrole nitrogens is 2. The van der Waals surface area contributed by atoms with Gasteiger partial charge in [-0.3, -0.25) is 0 Å². The summed E-state index contributed by atoms with van der Waals surface area (Å²) in [6.07, 6.45) is -14.6. The molecular weight excluding hydrogens is 1460 g/mol. The number of fused-ring (bicyclic) bond motifs is 24. The SMILES string of the molecule is CC1(C)O[C@H]2O[C@H]([C@H]3COC(C)(C)O3)[C@H](Oc3cccc4c3-c3nc-4nc4[nH]c(nc5nc(nc6[nH]c(n3)c3cccc(O[C@@H]7[C@H]8OC(C)(C)O[C@H]8O[C@@H]7[C@H]7COC(C)(C)O7)c63)-c3cccc(O[C@@H]6[C@H]7OC(C)(C)O[C@H]7O[C@@H]6[C@H]6COC(C)(C)O6)c3-5)c3cccc(O[C@@H]5[C@H]6OC(C)(C)O[C@H]6O[C@@H]5[C@H]5COC(C)(C)O5)c43)[C@H]2O1. The van der Waals surface area contributed by atoms with Crippen molar-refractivity contribution in [1.29, 1.82) is 0 Å². The van der Waals surface area contributed by atoms with Crippen LogP contribution in [0.5, 0.6) is 23.0 Å². The highest BCUT2D eigenvalue weighted by molar-refractivity contribution is 6.10. The highest BCUT2D eigenvalue weighted by Crippen LogP contribution is 2.53. The van der Waals surface area contributed by atoms with Crippen LogP contribution in [0.15, 0.2) is 72.8 Å². The number of ether oxygens (including phenoxy) is 24. The third kappa shape index (κ3) is 12.4. The van der Waals surface area contributed by atoms with E-state index in [0.29, 0.717) is 89.4 Å². The number of hydrogen-bond donors (Lipinski definition) is 2. The van der Waals surface area contributed by atoms with Gasteiger partial charge in [-0.15, -0.1) is 0 Å². The van der Waals surface area contributed by atoms with E-state index in [0.717, 1.165) is 0 Å². The smallest absolute Gasteiger partial charge is 0.191 e. The lowest BCUT2D eigenvalue weighted by Gasteiger charge is -2.29. The van der Waals surface area contributed by atoms with Crippen molar-refractivity contribution >= 4 is 44.1 Å². The maximum absolute atomic E-state index is 7.41. The van der Waals surface area contributed by atoms with Crippen LogP contribution < -0.4 is 18.9 Å². The molecule has 0 saturated carbocycles. The Labute approximate surface area is 642 Å². The van der Waals surface area contributed by atoms with E-state index in [2.05, 4.69) is 9.97 Å². The molecule has 14 aliphatic heterocycles. The first kappa shape index (κ1) is 72.3. The van der Waals surface area contributed by atoms with E-state index in [1.54, 1.807) is 0 Å². The van der Waals surface area contributed by atoms with Gasteiger partial charge < -0.3 is 124 Å². The maximum Gasteiger partial charge on any atom is 0.191 e. The van der Waals surface area contributed by atoms with Crippen molar-refractivity contribution in [2.75, 3.05) is 26.4 Å². The number of aromatic nitrogens is 8. The summed E-state index contributed by atoms with van der Waals surface area (Å²) in [6.45, 7) is 30.5. The van der Waals surface area contributed by atoms with E-state index in [1.165, 1.54) is 0 Å². The summed E-state index contributed by atoms with van der Waals surface area (Å²) in [5.41, 5.74) is 3.28. The van der Waals surface area contributed by atoms with Crippen LogP contribution in [-0.4, -0.2) is 235 Å². The molecule has 20 atom stereocenters. The molecule has 7 aromatic rings. The largest absolute Gasteiger partial charge is 0.484 e. The number of nitrogens with zero attached hydrogens (tertiary/aromatic N) is 6. The molecule has 32 nitrogen and oxygen atoms in total. The molecule has 8 bridgehead atoms. The highest BCUT2D eigenvalue weighted by atomic mass is 16.9. The summed E-state index contributed by atoms with van der Waals surface area (Å²) >= 11 is 0. The van der Waals surface area contributed by atoms with Gasteiger partial charge in [0, 0.05) is 21.9 Å². The fraction of sp³-hybridized carbons (Fsp3) is 0.600. The quantitative estimate of drug-likeness (QED) is 0.115. The highest BCUT2D eigenvalue weighted by Gasteiger charge is 2.65. The van der Waals surface area contributed by atoms with Gasteiger partial charge in [0.25, 0.3) is 0 Å². The molecule has 0 aliphatic carbocycles. The number of rotatable bonds is 12. The first-order valence-electron chi connectivity index (χ1n) is 38.5. The van der Waals surface area contributed by atoms with Crippen molar-refractivity contribution in [1.82, 2.24) is 39.9 Å². The molecule has 14 aliphatic rings. The van der Waals surface area contributed by atoms with E-state index in [9.17, 15) is 0 Å². The normalized spacial score (nSPS) is 36.6. The van der Waals surface area contributed by atoms with Gasteiger partial charge in [-0.05, 0) is 135 Å². The molecule has 17 heterocycles. The van der Waals surface area contributed by atoms with E-state index in [1.807, 2.05) is 184 Å². The van der Waals surface area contributed by atoms with Crippen molar-refractivity contribution in [3.05, 3.63) is 72.8 Å². The standard InChI is InChI=1S/C80H90N8O24/c1-73(2)89-29-41(101-73)49-53(57-69(97-49)109-77(9,10)105-57)93-37-25-17-21-33-45(37)65-81-61(33)86-66-47-35(23-19-27-39(47)95-55-51(43-31-91-75(5,6)103-43)99-71-59(55)107-79(13,14)111-71)63(83-66)88-68-48-36(24-20-28-40(48)96-56-52(44-32-92-76(7,8)104-44)100-72-60(56)108-80(15,16)112-72)64(84-68)87-67-46-34(62(82-67)85-65)22-18-26-38(46)94-54-50(42-30-90-74(3,4)102-42)98-70-58(54)106-78(11,12)110-70/h17-28,41-44,49-60,69-72H,29-32H2,1-16H3,(H2,81,82,83,84,85,86,87,88)/t41-,42-,43-,44-,49-,50-,51-,52-,53+,54+,55+,56+,57-,58-,59-,60-,69-,70-,71-,72-/m1/s1. The van der Waals surface area contributed by atoms with Gasteiger partial charge in [-0.25, -0.2) is 29.9 Å². The minimum atomic E-state index is -1.02. The van der Waals surface area contributed by atoms with Crippen molar-refractivity contribution in [3.63, 3.8) is 0 Å². The predicted molar refractivity (Wildman–Crippen MR) is 388 cm³/mol. The first-order chi connectivity index (χ1) is 53.2. The Bertz CT molecular complexity index is 4850. The maximum atomic E-state index is 7.41. The zero-order valence-corrected chi connectivity index (χ0v) is 64.8. The fourth-order valence-corrected chi connectivity index (χ4v) is 18.1. The van der Waals surface area contributed by atoms with E-state index in [-0.39, 0.29) is 49.7 Å². The third-order valence-corrected chi connectivity index (χ3v) is 22.5. The molecule has 3 aromatic heterocycles. The topological polar surface area (TPSA) is 330 Å². The monoisotopic (exact) mass is 1550 g/mol. The van der Waals surface area contributed by atoms with Crippen LogP contribution >= 0.6 is 0 Å². The van der Waals surface area contributed by atoms with Crippen molar-refractivity contribution in [2.45, 2.75) is 280 Å². The van der Waals surface area contributed by atoms with Crippen LogP contribution in [0, 0.1) is 0 Å². The van der Waals surface area contributed by atoms with Gasteiger partial charge in [-0.1, -0.05) is 48.5 Å². The van der Waals surface area contributed by atoms with Crippen LogP contribution in [0.2, 0.25) is 0 Å². The zero-order valence-electron chi connectivity index (χ0n) is 64.8. The minimum Gasteiger partial charge on any atom is -0.484 e. The van der Waals surface area contributed by atoms with Crippen molar-refractivity contribution in [3.8, 4) is 68.5 Å². The fourth-order valence-electron chi connectivity index (χ4n) is 18.1. The molecule has 0 unspecified atom stereocenters. The zero-order chi connectivity index (χ0) is 77.0. The first-order valence-corrected chi connectivity index (χ1v) is 38.5. The predicted octanol–water partition coefficient (Wildman–Crippen LogP) is 9.97. The second kappa shape index (κ2) is 25.1. The Balaban J connectivity index is 0.793. The second-order valence-corrected chi connectivity index (χ2v) is 34.4. The van der Waals surface area contributed by atoms with Gasteiger partial charge in [0.15, 0.2) is 144 Å². The molecule has 4 aromatic carbocycles. The van der Waals surface area contributed by atoms with E-state index >= 15 is 0 Å². The van der Waals surface area contributed by atoms with Gasteiger partial charge >= 0.3 is 0 Å². The van der Waals surface area contributed by atoms with Crippen LogP contribution in [0.3, 0.4) is 0 Å². The molecule has 12 fully saturated rings. The van der Waals surface area contributed by atoms with E-state index in [4.69, 9.17) is 144 Å². The summed E-state index contributed by atoms with van der Waals surface area (Å²) in [5.74, 6) is -5.32. The molecule has 0 spiro atoms. The Morgan fingerprint density at radius 3 is 0.857 bits per heavy atom. The number of benzene rings is 4. The van der Waals surface area contributed by atoms with Crippen molar-refractivity contribution < 1.29 is 114 Å². The Morgan fingerprint density at radius 1 is 0.286 bits per heavy atom. The van der Waals surface area contributed by atoms with E-state index < -0.39 is 169 Å². The molecule has 2 N–H and O–H groups in total. The van der Waals surface area contributed by atoms with Gasteiger partial charge in [0.2, 0.25) is 0 Å². The summed E-state index contributed by atoms with van der Waals surface area (Å²) in [7, 11) is 0. The Morgan fingerprint density at radius 2 is 0.562 bits per heavy atom. The molecule has 21 rings (SSSR count). The lowest BCUT2D eigenvalue weighted by molar-refractivity contribution is -0.230. The van der Waals surface area contributed by atoms with Crippen LogP contribution in [0.4, 0.5) is 0 Å². The van der Waals surface area contributed by atoms with Gasteiger partial charge in [-0.2, -0.15) is 0 Å². The number of aromatic amines is 2. The molecule has 32 heteroatoms. The Kier molecular flexibility index (Phi) is 16.2. The molecule has 0 amide bonds. The average Bonchev–Trinajstić information content (AvgIpc) is 1.58. The Hall–Kier alpha value is -7.36. The average molecular weight is 1550 g/mol. The molecular formula is C80H90N8O24. The minimum absolute atomic E-state index is 0.203. The molecule has 12 saturated heterocycles. The summed E-state index contributed by atoms with van der Waals surface area (Å²) < 4.78 is 160. The second-order valence-electron chi connectivity index (χ2n) is 34.4. The lowest BCUT2D eigenvalue weighted by Crippen LogP contribution is -2.46. The van der Waals surface area contributed by atoms with Crippen LogP contribution in [-0.2, 0) is 94.7 Å². The van der Waals surface area contributed by atoms with Crippen LogP contribution in [0.1, 0.15) is 111 Å². The van der Waals surface area contributed by atoms with Gasteiger partial charge in [0.05, 0.1) is 48.3 Å². The summed E-state index contributed by atoms with van der Waals surface area (Å²) in [5, 5.41) is 2.17. The molecule has 112 heavy (non-hydrogen) atoms. The van der Waals surface area contributed by atoms with Gasteiger partial charge in [0.1, 0.15) is 94.4 Å². The summed E-state index contributed by atoms with van der Waals surface area (Å²) in [6, 6.07) is 22.7. The lowest BCUT2D eigenvalue weighted by atomic mass is 10.0. The number of nitrogens with one attached hydrogen (secondary N) is 2.